The van der Waals surface area contributed by atoms with Crippen LogP contribution in [0.4, 0.5) is 16.4 Å². The Morgan fingerprint density at radius 3 is 0.690 bits per heavy atom. The first-order valence-corrected chi connectivity index (χ1v) is 38.6. The second kappa shape index (κ2) is 12.7. The van der Waals surface area contributed by atoms with Gasteiger partial charge >= 0.3 is 17.8 Å². The average Bonchev–Trinajstić information content (AvgIpc) is 2.56. The Kier molecular flexibility index (Phi) is 13.1. The van der Waals surface area contributed by atoms with E-state index in [1.807, 2.05) is 7.79 Å². The van der Waals surface area contributed by atoms with Gasteiger partial charge in [-0.15, -0.1) is 0 Å². The molecule has 0 aliphatic rings. The van der Waals surface area contributed by atoms with Crippen LogP contribution in [0.5, 0.6) is 0 Å². The van der Waals surface area contributed by atoms with Gasteiger partial charge in [0.25, 0.3) is 0 Å². The predicted molar refractivity (Wildman–Crippen MR) is 201 cm³/mol. The van der Waals surface area contributed by atoms with Crippen molar-refractivity contribution in [1.29, 1.82) is 0 Å². The summed E-state index contributed by atoms with van der Waals surface area (Å²) in [5, 5.41) is -2.13. The van der Waals surface area contributed by atoms with Crippen molar-refractivity contribution in [3.8, 4) is 0 Å². The molecule has 0 rings (SSSR count). The molecular weight excluding hydrogens is 669 g/mol. The summed E-state index contributed by atoms with van der Waals surface area (Å²) in [6, 6.07) is 0. The van der Waals surface area contributed by atoms with Crippen LogP contribution < -0.4 is 0 Å². The summed E-state index contributed by atoms with van der Waals surface area (Å²) < 4.78 is 75.3. The molecule has 0 radical (unpaired) electrons. The topological polar surface area (TPSA) is 13.0 Å². The highest BCUT2D eigenvalue weighted by atomic mass is 28.5. The first-order valence-electron chi connectivity index (χ1n) is 15.6. The lowest BCUT2D eigenvalue weighted by Gasteiger charge is -2.60. The van der Waals surface area contributed by atoms with E-state index in [4.69, 9.17) is 0 Å². The van der Waals surface area contributed by atoms with Gasteiger partial charge in [0, 0.05) is 10.1 Å². The van der Waals surface area contributed by atoms with E-state index >= 15 is 16.4 Å². The van der Waals surface area contributed by atoms with Crippen molar-refractivity contribution in [3.63, 3.8) is 0 Å². The highest BCUT2D eigenvalue weighted by molar-refractivity contribution is 7.05. The summed E-state index contributed by atoms with van der Waals surface area (Å²) >= 11 is 0. The first kappa shape index (κ1) is 43.3. The summed E-state index contributed by atoms with van der Waals surface area (Å²) in [6.45, 7) is 46.3. The van der Waals surface area contributed by atoms with Crippen molar-refractivity contribution >= 4 is 67.5 Å². The molecule has 0 aromatic rings. The zero-order valence-electron chi connectivity index (χ0n) is 31.7. The quantitative estimate of drug-likeness (QED) is 0.106. The third-order valence-corrected chi connectivity index (χ3v) is 50.0. The SMILES string of the molecule is CC(C)(C)[Si](F)(F)N([Si](C)(C)C)[Si](C)(C)N(CCN([Si](C)(C)C)[Si](C)(C)N([Si](C)(C)C)[Si](F)(F)C(C)(C)C)[Si](C)(C)C. The molecule has 254 valence electrons. The van der Waals surface area contributed by atoms with Crippen molar-refractivity contribution in [3.05, 3.63) is 0 Å². The first-order chi connectivity index (χ1) is 17.7. The summed E-state index contributed by atoms with van der Waals surface area (Å²) in [5.74, 6) is 0. The molecule has 0 fully saturated rings. The molecule has 0 saturated carbocycles. The highest BCUT2D eigenvalue weighted by Crippen LogP contribution is 2.48. The predicted octanol–water partition coefficient (Wildman–Crippen LogP) is 10.3. The standard InChI is InChI=1S/C26H70F4N4Si8/c1-25(2,3)41(27,28)33(37(13,14)15)39(19,20)31(35(7,8)9)23-24-32(36(10,11)12)40(21,22)34(38(16,17)18)42(29,30)26(4,5)6/h23-24H2,1-22H3. The van der Waals surface area contributed by atoms with Gasteiger partial charge in [-0.2, -0.15) is 0 Å². The maximum absolute atomic E-state index is 16.6. The number of hydrogen-bond donors (Lipinski definition) is 0. The van der Waals surface area contributed by atoms with E-state index in [0.717, 1.165) is 0 Å². The van der Waals surface area contributed by atoms with Crippen LogP contribution in [-0.2, 0) is 0 Å². The smallest absolute Gasteiger partial charge is 0.333 e. The molecule has 0 saturated heterocycles. The fourth-order valence-corrected chi connectivity index (χ4v) is 57.6. The van der Waals surface area contributed by atoms with Gasteiger partial charge in [0.05, 0.1) is 0 Å². The van der Waals surface area contributed by atoms with Gasteiger partial charge in [0.2, 0.25) is 0 Å². The minimum Gasteiger partial charge on any atom is -0.333 e. The maximum atomic E-state index is 16.6. The van der Waals surface area contributed by atoms with Crippen molar-refractivity contribution in [2.75, 3.05) is 13.1 Å². The van der Waals surface area contributed by atoms with Crippen LogP contribution in [0.15, 0.2) is 0 Å². The zero-order valence-corrected chi connectivity index (χ0v) is 39.7. The molecule has 0 heterocycles. The van der Waals surface area contributed by atoms with E-state index in [2.05, 4.69) is 113 Å². The molecule has 42 heavy (non-hydrogen) atoms. The van der Waals surface area contributed by atoms with Gasteiger partial charge < -0.3 is 16.3 Å². The number of nitrogens with zero attached hydrogens (tertiary/aromatic N) is 4. The second-order valence-electron chi connectivity index (χ2n) is 19.2. The largest absolute Gasteiger partial charge is 0.500 e. The van der Waals surface area contributed by atoms with Crippen molar-refractivity contribution < 1.29 is 16.4 Å². The van der Waals surface area contributed by atoms with E-state index in [1.54, 1.807) is 41.5 Å². The van der Waals surface area contributed by atoms with Crippen LogP contribution in [0.2, 0.25) is 115 Å². The lowest BCUT2D eigenvalue weighted by Crippen LogP contribution is -2.82. The zero-order chi connectivity index (χ0) is 34.7. The Hall–Kier alpha value is 1.30. The lowest BCUT2D eigenvalue weighted by molar-refractivity contribution is 0.404. The molecule has 0 bridgehead atoms. The van der Waals surface area contributed by atoms with Gasteiger partial charge in [-0.05, 0) is 39.3 Å². The molecule has 0 unspecified atom stereocenters. The van der Waals surface area contributed by atoms with Crippen LogP contribution in [0.25, 0.3) is 0 Å². The van der Waals surface area contributed by atoms with Gasteiger partial charge in [0.1, 0.15) is 32.9 Å². The normalized spacial score (nSPS) is 16.4. The summed E-state index contributed by atoms with van der Waals surface area (Å²) in [5.41, 5.74) is 0. The molecule has 0 spiro atoms. The van der Waals surface area contributed by atoms with Gasteiger partial charge in [0.15, 0.2) is 16.8 Å². The lowest BCUT2D eigenvalue weighted by atomic mass is 10.3. The van der Waals surface area contributed by atoms with Crippen LogP contribution >= 0.6 is 0 Å². The minimum absolute atomic E-state index is 0.660. The molecule has 0 aliphatic heterocycles. The molecule has 0 aromatic carbocycles. The summed E-state index contributed by atoms with van der Waals surface area (Å²) in [6.07, 6.45) is 0. The maximum Gasteiger partial charge on any atom is 0.500 e. The van der Waals surface area contributed by atoms with E-state index in [1.165, 1.54) is 0 Å². The third-order valence-electron chi connectivity index (χ3n) is 8.29. The molecular formula is C26H70F4N4Si8. The van der Waals surface area contributed by atoms with Crippen LogP contribution in [0.1, 0.15) is 41.5 Å². The van der Waals surface area contributed by atoms with E-state index in [0.29, 0.717) is 13.1 Å². The molecule has 0 amide bonds. The molecule has 0 N–H and O–H groups in total. The molecule has 4 nitrogen and oxygen atoms in total. The average molecular weight is 740 g/mol. The number of halogens is 4. The van der Waals surface area contributed by atoms with Crippen molar-refractivity contribution in [2.24, 2.45) is 0 Å². The Bertz CT molecular complexity index is 836. The van der Waals surface area contributed by atoms with E-state index in [-0.39, 0.29) is 0 Å². The Morgan fingerprint density at radius 1 is 0.381 bits per heavy atom. The third kappa shape index (κ3) is 9.44. The highest BCUT2D eigenvalue weighted by Gasteiger charge is 2.66. The van der Waals surface area contributed by atoms with Crippen LogP contribution in [0, 0.1) is 0 Å². The second-order valence-corrected chi connectivity index (χ2v) is 56.2. The van der Waals surface area contributed by atoms with E-state index in [9.17, 15) is 0 Å². The summed E-state index contributed by atoms with van der Waals surface area (Å²) in [7, 11) is -24.4. The Balaban J connectivity index is 7.22. The van der Waals surface area contributed by atoms with Gasteiger partial charge in [-0.1, -0.05) is 120 Å². The Morgan fingerprint density at radius 2 is 0.571 bits per heavy atom. The number of rotatable bonds is 13. The fourth-order valence-electron chi connectivity index (χ4n) is 7.14. The van der Waals surface area contributed by atoms with Crippen molar-refractivity contribution in [2.45, 2.75) is 156 Å². The van der Waals surface area contributed by atoms with Crippen LogP contribution in [-0.4, -0.2) is 96.9 Å². The van der Waals surface area contributed by atoms with Gasteiger partial charge in [-0.3, -0.25) is 16.4 Å². The molecule has 0 atom stereocenters. The van der Waals surface area contributed by atoms with E-state index < -0.39 is 77.6 Å². The molecule has 0 aliphatic carbocycles. The van der Waals surface area contributed by atoms with Crippen molar-refractivity contribution in [1.82, 2.24) is 16.3 Å². The number of hydrogen-bond acceptors (Lipinski definition) is 4. The minimum atomic E-state index is -4.82. The monoisotopic (exact) mass is 738 g/mol. The Labute approximate surface area is 268 Å². The van der Waals surface area contributed by atoms with Crippen LogP contribution in [0.3, 0.4) is 0 Å². The molecule has 0 aromatic heterocycles. The molecule has 16 heteroatoms. The fraction of sp³-hybridized carbons (Fsp3) is 1.00. The van der Waals surface area contributed by atoms with Gasteiger partial charge in [-0.25, -0.2) is 0 Å². The summed E-state index contributed by atoms with van der Waals surface area (Å²) in [4.78, 5) is 0.